The molecule has 30 heavy (non-hydrogen) atoms. The Labute approximate surface area is 169 Å². The molecule has 0 bridgehead atoms. The van der Waals surface area contributed by atoms with Gasteiger partial charge in [0.15, 0.2) is 11.5 Å². The maximum atomic E-state index is 13.7. The minimum absolute atomic E-state index is 0.0440. The van der Waals surface area contributed by atoms with Crippen molar-refractivity contribution in [2.45, 2.75) is 24.7 Å². The van der Waals surface area contributed by atoms with Gasteiger partial charge in [-0.15, -0.1) is 0 Å². The summed E-state index contributed by atoms with van der Waals surface area (Å²) in [5, 5.41) is 14.1. The van der Waals surface area contributed by atoms with Crippen LogP contribution >= 0.6 is 0 Å². The third kappa shape index (κ3) is 3.95. The Morgan fingerprint density at radius 2 is 1.77 bits per heavy atom. The number of methoxy groups -OCH3 is 2. The molecule has 0 saturated heterocycles. The van der Waals surface area contributed by atoms with Gasteiger partial charge in [0.1, 0.15) is 5.82 Å². The van der Waals surface area contributed by atoms with E-state index in [1.54, 1.807) is 0 Å². The van der Waals surface area contributed by atoms with E-state index in [-0.39, 0.29) is 16.3 Å². The monoisotopic (exact) mass is 426 g/mol. The molecular weight excluding hydrogens is 408 g/mol. The number of carbonyl (C=O) groups excluding carboxylic acids is 1. The van der Waals surface area contributed by atoms with E-state index in [0.717, 1.165) is 12.1 Å². The summed E-state index contributed by atoms with van der Waals surface area (Å²) in [7, 11) is 2.80. The van der Waals surface area contributed by atoms with Crippen LogP contribution in [0.15, 0.2) is 47.6 Å². The number of alkyl halides is 3. The maximum absolute atomic E-state index is 13.7. The fourth-order valence-corrected chi connectivity index (χ4v) is 3.07. The minimum Gasteiger partial charge on any atom is -0.493 e. The highest BCUT2D eigenvalue weighted by molar-refractivity contribution is 6.03. The second-order valence-corrected chi connectivity index (χ2v) is 6.62. The molecule has 1 amide bonds. The zero-order chi connectivity index (χ0) is 22.1. The summed E-state index contributed by atoms with van der Waals surface area (Å²) < 4.78 is 64.3. The van der Waals surface area contributed by atoms with Crippen LogP contribution in [0, 0.1) is 5.82 Å². The van der Waals surface area contributed by atoms with Gasteiger partial charge in [-0.2, -0.15) is 23.3 Å². The van der Waals surface area contributed by atoms with Crippen LogP contribution < -0.4 is 9.47 Å². The minimum atomic E-state index is -5.16. The molecule has 2 aromatic carbocycles. The molecular formula is C20H18F4N2O4. The van der Waals surface area contributed by atoms with Crippen LogP contribution in [-0.4, -0.2) is 47.9 Å². The number of aliphatic hydroxyl groups is 1. The van der Waals surface area contributed by atoms with E-state index in [2.05, 4.69) is 5.10 Å². The van der Waals surface area contributed by atoms with Gasteiger partial charge in [-0.1, -0.05) is 18.2 Å². The number of amides is 1. The van der Waals surface area contributed by atoms with Gasteiger partial charge in [0.25, 0.3) is 5.72 Å². The second-order valence-electron chi connectivity index (χ2n) is 6.62. The summed E-state index contributed by atoms with van der Waals surface area (Å²) in [6.07, 6.45) is -6.61. The molecule has 1 atom stereocenters. The Kier molecular flexibility index (Phi) is 5.71. The van der Waals surface area contributed by atoms with E-state index in [0.29, 0.717) is 17.1 Å². The molecule has 0 radical (unpaired) electrons. The molecule has 6 nitrogen and oxygen atoms in total. The Bertz CT molecular complexity index is 976. The molecule has 1 heterocycles. The lowest BCUT2D eigenvalue weighted by Crippen LogP contribution is -2.57. The molecule has 2 aromatic rings. The van der Waals surface area contributed by atoms with Crippen LogP contribution in [0.5, 0.6) is 11.5 Å². The van der Waals surface area contributed by atoms with Gasteiger partial charge in [-0.05, 0) is 35.4 Å². The lowest BCUT2D eigenvalue weighted by Gasteiger charge is -2.32. The normalized spacial score (nSPS) is 18.9. The topological polar surface area (TPSA) is 71.4 Å². The van der Waals surface area contributed by atoms with Gasteiger partial charge in [0.2, 0.25) is 5.91 Å². The molecule has 3 rings (SSSR count). The lowest BCUT2D eigenvalue weighted by molar-refractivity contribution is -0.302. The van der Waals surface area contributed by atoms with Gasteiger partial charge in [0, 0.05) is 0 Å². The molecule has 10 heteroatoms. The molecule has 0 aromatic heterocycles. The number of ether oxygens (including phenoxy) is 2. The van der Waals surface area contributed by atoms with E-state index in [1.165, 1.54) is 44.6 Å². The van der Waals surface area contributed by atoms with Crippen LogP contribution in [0.25, 0.3) is 0 Å². The summed E-state index contributed by atoms with van der Waals surface area (Å²) in [5.41, 5.74) is -3.19. The van der Waals surface area contributed by atoms with Crippen LogP contribution in [0.1, 0.15) is 17.5 Å². The van der Waals surface area contributed by atoms with Crippen LogP contribution in [0.4, 0.5) is 17.6 Å². The van der Waals surface area contributed by atoms with Crippen molar-refractivity contribution in [3.8, 4) is 11.5 Å². The third-order valence-corrected chi connectivity index (χ3v) is 4.66. The summed E-state index contributed by atoms with van der Waals surface area (Å²) in [6, 6.07) is 9.02. The van der Waals surface area contributed by atoms with E-state index in [4.69, 9.17) is 9.47 Å². The van der Waals surface area contributed by atoms with Crippen LogP contribution in [0.3, 0.4) is 0 Å². The first-order valence-electron chi connectivity index (χ1n) is 8.75. The SMILES string of the molecule is COc1ccc(CC(=O)N2N=C(c3ccc(F)cc3)CC2(O)C(F)(F)F)cc1OC. The summed E-state index contributed by atoms with van der Waals surface area (Å²) in [5.74, 6) is -0.965. The second kappa shape index (κ2) is 7.94. The maximum Gasteiger partial charge on any atom is 0.438 e. The van der Waals surface area contributed by atoms with Crippen LogP contribution in [0.2, 0.25) is 0 Å². The Morgan fingerprint density at radius 3 is 2.33 bits per heavy atom. The zero-order valence-electron chi connectivity index (χ0n) is 16.0. The van der Waals surface area contributed by atoms with Crippen LogP contribution in [-0.2, 0) is 11.2 Å². The molecule has 1 aliphatic heterocycles. The van der Waals surface area contributed by atoms with Crippen molar-refractivity contribution in [2.75, 3.05) is 14.2 Å². The van der Waals surface area contributed by atoms with Gasteiger partial charge >= 0.3 is 6.18 Å². The van der Waals surface area contributed by atoms with Crippen molar-refractivity contribution in [3.63, 3.8) is 0 Å². The number of hydrogen-bond acceptors (Lipinski definition) is 5. The summed E-state index contributed by atoms with van der Waals surface area (Å²) in [6.45, 7) is 0. The number of halogens is 4. The molecule has 1 unspecified atom stereocenters. The van der Waals surface area contributed by atoms with Gasteiger partial charge in [-0.25, -0.2) is 4.39 Å². The van der Waals surface area contributed by atoms with Gasteiger partial charge in [-0.3, -0.25) is 4.79 Å². The highest BCUT2D eigenvalue weighted by Crippen LogP contribution is 2.41. The standard InChI is InChI=1S/C20H18F4N2O4/c1-29-16-8-3-12(9-17(16)30-2)10-18(27)26-19(28,20(22,23)24)11-15(25-26)13-4-6-14(21)7-5-13/h3-9,28H,10-11H2,1-2H3. The van der Waals surface area contributed by atoms with Crippen molar-refractivity contribution in [3.05, 3.63) is 59.4 Å². The largest absolute Gasteiger partial charge is 0.493 e. The fraction of sp³-hybridized carbons (Fsp3) is 0.300. The smallest absolute Gasteiger partial charge is 0.438 e. The first kappa shape index (κ1) is 21.6. The van der Waals surface area contributed by atoms with Crippen molar-refractivity contribution in [1.29, 1.82) is 0 Å². The third-order valence-electron chi connectivity index (χ3n) is 4.66. The summed E-state index contributed by atoms with van der Waals surface area (Å²) >= 11 is 0. The number of nitrogens with zero attached hydrogens (tertiary/aromatic N) is 2. The number of benzene rings is 2. The molecule has 0 fully saturated rings. The Morgan fingerprint density at radius 1 is 1.13 bits per heavy atom. The molecule has 1 N–H and O–H groups in total. The molecule has 0 aliphatic carbocycles. The molecule has 0 spiro atoms. The quantitative estimate of drug-likeness (QED) is 0.745. The Balaban J connectivity index is 1.93. The highest BCUT2D eigenvalue weighted by atomic mass is 19.4. The van der Waals surface area contributed by atoms with Gasteiger partial charge in [0.05, 0.1) is 32.8 Å². The number of carbonyl (C=O) groups is 1. The van der Waals surface area contributed by atoms with Crippen molar-refractivity contribution in [1.82, 2.24) is 5.01 Å². The van der Waals surface area contributed by atoms with E-state index in [9.17, 15) is 27.5 Å². The fourth-order valence-electron chi connectivity index (χ4n) is 3.07. The Hall–Kier alpha value is -3.14. The van der Waals surface area contributed by atoms with Crippen molar-refractivity contribution >= 4 is 11.6 Å². The van der Waals surface area contributed by atoms with E-state index in [1.807, 2.05) is 0 Å². The lowest BCUT2D eigenvalue weighted by atomic mass is 10.0. The molecule has 160 valence electrons. The molecule has 1 aliphatic rings. The van der Waals surface area contributed by atoms with Crippen molar-refractivity contribution in [2.24, 2.45) is 5.10 Å². The first-order valence-corrected chi connectivity index (χ1v) is 8.75. The van der Waals surface area contributed by atoms with Crippen molar-refractivity contribution < 1.29 is 36.9 Å². The number of rotatable bonds is 5. The zero-order valence-corrected chi connectivity index (χ0v) is 16.0. The van der Waals surface area contributed by atoms with E-state index >= 15 is 0 Å². The predicted octanol–water partition coefficient (Wildman–Crippen LogP) is 3.27. The first-order chi connectivity index (χ1) is 14.1. The number of hydrazone groups is 1. The highest BCUT2D eigenvalue weighted by Gasteiger charge is 2.63. The molecule has 0 saturated carbocycles. The van der Waals surface area contributed by atoms with E-state index < -0.39 is 36.5 Å². The average Bonchev–Trinajstić information content (AvgIpc) is 3.07. The number of hydrogen-bond donors (Lipinski definition) is 1. The predicted molar refractivity (Wildman–Crippen MR) is 98.7 cm³/mol. The van der Waals surface area contributed by atoms with Gasteiger partial charge < -0.3 is 14.6 Å². The summed E-state index contributed by atoms with van der Waals surface area (Å²) in [4.78, 5) is 12.7. The average molecular weight is 426 g/mol.